The van der Waals surface area contributed by atoms with Crippen molar-refractivity contribution in [3.63, 3.8) is 0 Å². The number of halogens is 6. The van der Waals surface area contributed by atoms with Gasteiger partial charge in [0, 0.05) is 22.3 Å². The summed E-state index contributed by atoms with van der Waals surface area (Å²) >= 11 is 0. The van der Waals surface area contributed by atoms with E-state index < -0.39 is 76.2 Å². The Hall–Kier alpha value is -2.88. The quantitative estimate of drug-likeness (QED) is 0.252. The van der Waals surface area contributed by atoms with Gasteiger partial charge in [-0.3, -0.25) is 0 Å². The molecule has 0 saturated heterocycles. The fraction of sp³-hybridized carbons (Fsp3) is 0.455. The first-order valence-corrected chi connectivity index (χ1v) is 13.3. The number of phenols is 2. The highest BCUT2D eigenvalue weighted by Gasteiger charge is 2.49. The third-order valence-electron chi connectivity index (χ3n) is 5.05. The lowest BCUT2D eigenvalue weighted by atomic mass is 9.81. The van der Waals surface area contributed by atoms with Gasteiger partial charge in [-0.1, -0.05) is 41.5 Å². The Balaban J connectivity index is 2.98. The van der Waals surface area contributed by atoms with E-state index in [0.29, 0.717) is 12.1 Å². The van der Waals surface area contributed by atoms with Crippen LogP contribution in [-0.2, 0) is 31.1 Å². The molecule has 38 heavy (non-hydrogen) atoms. The van der Waals surface area contributed by atoms with Gasteiger partial charge in [0.2, 0.25) is 0 Å². The molecule has 2 N–H and O–H groups in total. The minimum Gasteiger partial charge on any atom is -0.507 e. The molecule has 0 spiro atoms. The van der Waals surface area contributed by atoms with E-state index in [4.69, 9.17) is 0 Å². The maximum atomic E-state index is 12.9. The Labute approximate surface area is 215 Å². The number of benzene rings is 2. The van der Waals surface area contributed by atoms with Gasteiger partial charge in [-0.05, 0) is 35.1 Å². The van der Waals surface area contributed by atoms with Gasteiger partial charge in [-0.2, -0.15) is 43.2 Å². The number of rotatable bonds is 5. The lowest BCUT2D eigenvalue weighted by molar-refractivity contribution is -0.0504. The van der Waals surface area contributed by atoms with Crippen molar-refractivity contribution in [3.8, 4) is 34.1 Å². The molecule has 0 unspecified atom stereocenters. The van der Waals surface area contributed by atoms with E-state index in [2.05, 4.69) is 8.37 Å². The summed E-state index contributed by atoms with van der Waals surface area (Å²) in [7, 11) is -12.4. The maximum Gasteiger partial charge on any atom is 0.534 e. The molecule has 0 saturated carbocycles. The molecule has 0 aliphatic carbocycles. The average molecular weight is 595 g/mol. The summed E-state index contributed by atoms with van der Waals surface area (Å²) in [6.45, 7) is 8.94. The molecule has 2 aromatic carbocycles. The van der Waals surface area contributed by atoms with Crippen molar-refractivity contribution in [1.29, 1.82) is 0 Å². The first-order valence-electron chi connectivity index (χ1n) is 10.5. The van der Waals surface area contributed by atoms with E-state index in [-0.39, 0.29) is 11.1 Å². The highest BCUT2D eigenvalue weighted by Crippen LogP contribution is 2.49. The summed E-state index contributed by atoms with van der Waals surface area (Å²) < 4.78 is 133. The van der Waals surface area contributed by atoms with Crippen LogP contribution in [0.15, 0.2) is 24.3 Å². The van der Waals surface area contributed by atoms with Crippen molar-refractivity contribution < 1.29 is 61.8 Å². The summed E-state index contributed by atoms with van der Waals surface area (Å²) in [5.41, 5.74) is -15.3. The van der Waals surface area contributed by atoms with Gasteiger partial charge >= 0.3 is 31.3 Å². The standard InChI is InChI=1S/C22H24F6O8S2/c1-19(2,3)15-9-11(35-37(31,32)21(23,24)25)7-13(17(15)29)14-8-12(36-38(33,34)22(26,27)28)10-16(18(14)30)20(4,5)6/h7-10,29-30H,1-6H3. The molecule has 0 aromatic heterocycles. The predicted molar refractivity (Wildman–Crippen MR) is 124 cm³/mol. The van der Waals surface area contributed by atoms with Gasteiger partial charge in [-0.15, -0.1) is 0 Å². The van der Waals surface area contributed by atoms with Crippen LogP contribution in [0.2, 0.25) is 0 Å². The van der Waals surface area contributed by atoms with Crippen molar-refractivity contribution in [2.75, 3.05) is 0 Å². The zero-order valence-corrected chi connectivity index (χ0v) is 22.4. The highest BCUT2D eigenvalue weighted by molar-refractivity contribution is 7.88. The van der Waals surface area contributed by atoms with E-state index in [1.54, 1.807) is 0 Å². The molecular weight excluding hydrogens is 570 g/mol. The molecule has 0 fully saturated rings. The lowest BCUT2D eigenvalue weighted by Crippen LogP contribution is -2.28. The van der Waals surface area contributed by atoms with Gasteiger partial charge in [0.05, 0.1) is 0 Å². The van der Waals surface area contributed by atoms with Gasteiger partial charge in [0.25, 0.3) is 0 Å². The molecule has 2 aromatic rings. The smallest absolute Gasteiger partial charge is 0.507 e. The Morgan fingerprint density at radius 2 is 0.842 bits per heavy atom. The Morgan fingerprint density at radius 1 is 0.579 bits per heavy atom. The van der Waals surface area contributed by atoms with E-state index in [1.807, 2.05) is 0 Å². The number of alkyl halides is 6. The second kappa shape index (κ2) is 9.39. The maximum absolute atomic E-state index is 12.9. The van der Waals surface area contributed by atoms with Gasteiger partial charge in [-0.25, -0.2) is 0 Å². The van der Waals surface area contributed by atoms with E-state index >= 15 is 0 Å². The summed E-state index contributed by atoms with van der Waals surface area (Å²) in [5, 5.41) is 21.9. The summed E-state index contributed by atoms with van der Waals surface area (Å²) in [4.78, 5) is 0. The van der Waals surface area contributed by atoms with Gasteiger partial charge in [0.1, 0.15) is 23.0 Å². The monoisotopic (exact) mass is 594 g/mol. The predicted octanol–water partition coefficient (Wildman–Crippen LogP) is 5.82. The van der Waals surface area contributed by atoms with Crippen molar-refractivity contribution in [2.24, 2.45) is 0 Å². The minimum atomic E-state index is -6.19. The van der Waals surface area contributed by atoms with Crippen LogP contribution in [0.25, 0.3) is 11.1 Å². The van der Waals surface area contributed by atoms with Crippen molar-refractivity contribution in [2.45, 2.75) is 63.4 Å². The third-order valence-corrected chi connectivity index (χ3v) is 7.01. The molecule has 0 amide bonds. The number of hydrogen-bond acceptors (Lipinski definition) is 8. The molecule has 0 heterocycles. The van der Waals surface area contributed by atoms with Crippen LogP contribution in [0.5, 0.6) is 23.0 Å². The van der Waals surface area contributed by atoms with Crippen LogP contribution in [0.3, 0.4) is 0 Å². The lowest BCUT2D eigenvalue weighted by Gasteiger charge is -2.26. The topological polar surface area (TPSA) is 127 Å². The van der Waals surface area contributed by atoms with Gasteiger partial charge in [0.15, 0.2) is 0 Å². The van der Waals surface area contributed by atoms with Crippen molar-refractivity contribution in [1.82, 2.24) is 0 Å². The van der Waals surface area contributed by atoms with Crippen molar-refractivity contribution >= 4 is 20.2 Å². The largest absolute Gasteiger partial charge is 0.534 e. The SMILES string of the molecule is CC(C)(C)c1cc(OS(=O)(=O)C(F)(F)F)cc(-c2cc(OS(=O)(=O)C(F)(F)F)cc(C(C)(C)C)c2O)c1O. The zero-order chi connectivity index (χ0) is 29.9. The number of hydrogen-bond donors (Lipinski definition) is 2. The summed E-state index contributed by atoms with van der Waals surface area (Å²) in [6, 6.07) is 2.80. The van der Waals surface area contributed by atoms with E-state index in [1.165, 1.54) is 41.5 Å². The Morgan fingerprint density at radius 3 is 1.05 bits per heavy atom. The molecule has 0 radical (unpaired) electrons. The van der Waals surface area contributed by atoms with Crippen LogP contribution in [0.4, 0.5) is 26.3 Å². The second-order valence-corrected chi connectivity index (χ2v) is 13.3. The van der Waals surface area contributed by atoms with Crippen LogP contribution in [0.1, 0.15) is 52.7 Å². The normalized spacial score (nSPS) is 13.9. The van der Waals surface area contributed by atoms with Crippen LogP contribution < -0.4 is 8.37 Å². The molecule has 0 aliphatic rings. The second-order valence-electron chi connectivity index (χ2n) is 10.2. The molecular formula is C22H24F6O8S2. The zero-order valence-electron chi connectivity index (χ0n) is 20.7. The molecule has 0 atom stereocenters. The highest BCUT2D eigenvalue weighted by atomic mass is 32.2. The molecule has 16 heteroatoms. The molecule has 0 bridgehead atoms. The molecule has 2 rings (SSSR count). The summed E-state index contributed by atoms with van der Waals surface area (Å²) in [6.07, 6.45) is 0. The molecule has 8 nitrogen and oxygen atoms in total. The first kappa shape index (κ1) is 31.3. The van der Waals surface area contributed by atoms with Crippen LogP contribution >= 0.6 is 0 Å². The number of phenolic OH excluding ortho intramolecular Hbond substituents is 2. The van der Waals surface area contributed by atoms with Crippen LogP contribution in [0, 0.1) is 0 Å². The van der Waals surface area contributed by atoms with E-state index in [9.17, 15) is 53.4 Å². The third kappa shape index (κ3) is 6.39. The van der Waals surface area contributed by atoms with E-state index in [0.717, 1.165) is 12.1 Å². The molecule has 0 aliphatic heterocycles. The van der Waals surface area contributed by atoms with Gasteiger partial charge < -0.3 is 18.6 Å². The van der Waals surface area contributed by atoms with Crippen LogP contribution in [-0.4, -0.2) is 38.1 Å². The first-order chi connectivity index (χ1) is 16.7. The molecule has 214 valence electrons. The fourth-order valence-corrected chi connectivity index (χ4v) is 4.10. The Kier molecular flexibility index (Phi) is 7.75. The van der Waals surface area contributed by atoms with Crippen molar-refractivity contribution in [3.05, 3.63) is 35.4 Å². The number of aromatic hydroxyl groups is 2. The minimum absolute atomic E-state index is 0.173. The Bertz CT molecular complexity index is 1340. The summed E-state index contributed by atoms with van der Waals surface area (Å²) in [5.74, 6) is -3.32. The fourth-order valence-electron chi connectivity index (χ4n) is 3.21. The average Bonchev–Trinajstić information content (AvgIpc) is 2.66.